The maximum atomic E-state index is 12.1. The zero-order valence-electron chi connectivity index (χ0n) is 9.51. The van der Waals surface area contributed by atoms with E-state index < -0.39 is 23.8 Å². The van der Waals surface area contributed by atoms with E-state index >= 15 is 0 Å². The van der Waals surface area contributed by atoms with Gasteiger partial charge in [0.05, 0.1) is 17.5 Å². The van der Waals surface area contributed by atoms with Crippen LogP contribution in [0.5, 0.6) is 0 Å². The van der Waals surface area contributed by atoms with Crippen molar-refractivity contribution in [2.45, 2.75) is 19.4 Å². The largest absolute Gasteiger partial charge is 0.481 e. The fourth-order valence-electron chi connectivity index (χ4n) is 2.01. The number of carbonyl (C=O) groups is 3. The molecule has 0 aromatic heterocycles. The smallest absolute Gasteiger partial charge is 0.305 e. The summed E-state index contributed by atoms with van der Waals surface area (Å²) in [5.74, 6) is -1.93. The van der Waals surface area contributed by atoms with Gasteiger partial charge in [0.2, 0.25) is 0 Å². The number of hydrogen-bond donors (Lipinski definition) is 1. The average molecular weight is 312 g/mol. The van der Waals surface area contributed by atoms with Crippen molar-refractivity contribution in [2.24, 2.45) is 0 Å². The minimum atomic E-state index is -1.04. The van der Waals surface area contributed by atoms with Crippen molar-refractivity contribution in [3.63, 3.8) is 0 Å². The molecular weight excluding hydrogens is 302 g/mol. The van der Waals surface area contributed by atoms with Gasteiger partial charge in [-0.05, 0) is 35.0 Å². The van der Waals surface area contributed by atoms with Gasteiger partial charge in [-0.25, -0.2) is 0 Å². The first kappa shape index (κ1) is 12.8. The van der Waals surface area contributed by atoms with Crippen molar-refractivity contribution in [3.8, 4) is 0 Å². The van der Waals surface area contributed by atoms with Crippen LogP contribution in [0.2, 0.25) is 0 Å². The number of imide groups is 1. The Morgan fingerprint density at radius 1 is 1.39 bits per heavy atom. The van der Waals surface area contributed by atoms with Crippen molar-refractivity contribution in [2.75, 3.05) is 0 Å². The molecule has 1 aliphatic heterocycles. The minimum absolute atomic E-state index is 0.261. The summed E-state index contributed by atoms with van der Waals surface area (Å²) in [6.07, 6.45) is -0.261. The van der Waals surface area contributed by atoms with E-state index in [9.17, 15) is 14.4 Å². The van der Waals surface area contributed by atoms with Crippen molar-refractivity contribution in [1.29, 1.82) is 0 Å². The Kier molecular flexibility index (Phi) is 3.21. The minimum Gasteiger partial charge on any atom is -0.481 e. The van der Waals surface area contributed by atoms with E-state index in [-0.39, 0.29) is 6.42 Å². The zero-order chi connectivity index (χ0) is 13.4. The highest BCUT2D eigenvalue weighted by Crippen LogP contribution is 2.31. The van der Waals surface area contributed by atoms with Crippen LogP contribution in [0.15, 0.2) is 22.7 Å². The highest BCUT2D eigenvalue weighted by atomic mass is 79.9. The van der Waals surface area contributed by atoms with Crippen molar-refractivity contribution < 1.29 is 19.5 Å². The lowest BCUT2D eigenvalue weighted by Crippen LogP contribution is -2.39. The van der Waals surface area contributed by atoms with Gasteiger partial charge < -0.3 is 5.11 Å². The summed E-state index contributed by atoms with van der Waals surface area (Å²) < 4.78 is 0.545. The van der Waals surface area contributed by atoms with Gasteiger partial charge in [0.15, 0.2) is 0 Å². The second-order valence-corrected chi connectivity index (χ2v) is 4.94. The zero-order valence-corrected chi connectivity index (χ0v) is 11.1. The highest BCUT2D eigenvalue weighted by molar-refractivity contribution is 9.10. The lowest BCUT2D eigenvalue weighted by Gasteiger charge is -2.20. The SMILES string of the molecule is CC(CC(=O)O)N1C(=O)c2cccc(Br)c2C1=O. The number of aliphatic carboxylic acids is 1. The van der Waals surface area contributed by atoms with Crippen LogP contribution >= 0.6 is 15.9 Å². The molecule has 5 nitrogen and oxygen atoms in total. The quantitative estimate of drug-likeness (QED) is 0.865. The topological polar surface area (TPSA) is 74.7 Å². The molecular formula is C12H10BrNO4. The van der Waals surface area contributed by atoms with Crippen LogP contribution < -0.4 is 0 Å². The van der Waals surface area contributed by atoms with Crippen LogP contribution in [0.1, 0.15) is 34.1 Å². The molecule has 0 spiro atoms. The van der Waals surface area contributed by atoms with Gasteiger partial charge in [0.1, 0.15) is 0 Å². The molecule has 0 radical (unpaired) electrons. The number of rotatable bonds is 3. The maximum absolute atomic E-state index is 12.1. The number of carboxylic acids is 1. The third-order valence-electron chi connectivity index (χ3n) is 2.81. The molecule has 0 fully saturated rings. The first-order valence-corrected chi connectivity index (χ1v) is 6.11. The van der Waals surface area contributed by atoms with Crippen LogP contribution in [0.3, 0.4) is 0 Å². The summed E-state index contributed by atoms with van der Waals surface area (Å²) in [5.41, 5.74) is 0.617. The van der Waals surface area contributed by atoms with Gasteiger partial charge in [-0.2, -0.15) is 0 Å². The molecule has 0 bridgehead atoms. The second-order valence-electron chi connectivity index (χ2n) is 4.09. The van der Waals surface area contributed by atoms with Gasteiger partial charge in [-0.1, -0.05) is 6.07 Å². The van der Waals surface area contributed by atoms with E-state index in [1.54, 1.807) is 25.1 Å². The Balaban J connectivity index is 2.40. The molecule has 2 amide bonds. The van der Waals surface area contributed by atoms with Crippen LogP contribution in [-0.4, -0.2) is 33.8 Å². The van der Waals surface area contributed by atoms with E-state index in [2.05, 4.69) is 15.9 Å². The molecule has 94 valence electrons. The number of fused-ring (bicyclic) bond motifs is 1. The lowest BCUT2D eigenvalue weighted by atomic mass is 10.1. The molecule has 1 aliphatic rings. The van der Waals surface area contributed by atoms with Crippen molar-refractivity contribution in [1.82, 2.24) is 4.90 Å². The predicted molar refractivity (Wildman–Crippen MR) is 66.4 cm³/mol. The fourth-order valence-corrected chi connectivity index (χ4v) is 2.54. The Labute approximate surface area is 112 Å². The van der Waals surface area contributed by atoms with Gasteiger partial charge in [0, 0.05) is 10.5 Å². The molecule has 1 aromatic rings. The summed E-state index contributed by atoms with van der Waals surface area (Å²) in [6.45, 7) is 1.55. The second kappa shape index (κ2) is 4.53. The first-order chi connectivity index (χ1) is 8.43. The molecule has 2 rings (SSSR count). The summed E-state index contributed by atoms with van der Waals surface area (Å²) >= 11 is 3.23. The Morgan fingerprint density at radius 3 is 2.61 bits per heavy atom. The standard InChI is InChI=1S/C12H10BrNO4/c1-6(5-9(15)16)14-11(17)7-3-2-4-8(13)10(7)12(14)18/h2-4,6H,5H2,1H3,(H,15,16). The van der Waals surface area contributed by atoms with E-state index in [0.29, 0.717) is 15.6 Å². The van der Waals surface area contributed by atoms with Crippen LogP contribution in [-0.2, 0) is 4.79 Å². The molecule has 6 heteroatoms. The summed E-state index contributed by atoms with van der Waals surface area (Å²) in [6, 6.07) is 4.24. The molecule has 1 N–H and O–H groups in total. The summed E-state index contributed by atoms with van der Waals surface area (Å²) in [7, 11) is 0. The molecule has 1 unspecified atom stereocenters. The van der Waals surface area contributed by atoms with Gasteiger partial charge in [-0.15, -0.1) is 0 Å². The number of carboxylic acid groups (broad SMARTS) is 1. The highest BCUT2D eigenvalue weighted by Gasteiger charge is 2.40. The number of nitrogens with zero attached hydrogens (tertiary/aromatic N) is 1. The number of benzene rings is 1. The Hall–Kier alpha value is -1.69. The number of halogens is 1. The molecule has 1 atom stereocenters. The van der Waals surface area contributed by atoms with Crippen LogP contribution in [0.25, 0.3) is 0 Å². The molecule has 1 aromatic carbocycles. The van der Waals surface area contributed by atoms with E-state index in [4.69, 9.17) is 5.11 Å². The molecule has 0 saturated carbocycles. The third kappa shape index (κ3) is 1.92. The van der Waals surface area contributed by atoms with Gasteiger partial charge in [0.25, 0.3) is 11.8 Å². The van der Waals surface area contributed by atoms with Crippen LogP contribution in [0.4, 0.5) is 0 Å². The third-order valence-corrected chi connectivity index (χ3v) is 3.47. The van der Waals surface area contributed by atoms with Crippen molar-refractivity contribution >= 4 is 33.7 Å². The number of carbonyl (C=O) groups excluding carboxylic acids is 2. The van der Waals surface area contributed by atoms with Crippen LogP contribution in [0, 0.1) is 0 Å². The van der Waals surface area contributed by atoms with E-state index in [1.165, 1.54) is 0 Å². The fraction of sp³-hybridized carbons (Fsp3) is 0.250. The first-order valence-electron chi connectivity index (χ1n) is 5.31. The van der Waals surface area contributed by atoms with E-state index in [1.807, 2.05) is 0 Å². The molecule has 18 heavy (non-hydrogen) atoms. The normalized spacial score (nSPS) is 15.8. The maximum Gasteiger partial charge on any atom is 0.305 e. The molecule has 1 heterocycles. The lowest BCUT2D eigenvalue weighted by molar-refractivity contribution is -0.137. The monoisotopic (exact) mass is 311 g/mol. The number of amides is 2. The molecule has 0 aliphatic carbocycles. The van der Waals surface area contributed by atoms with Gasteiger partial charge in [-0.3, -0.25) is 19.3 Å². The van der Waals surface area contributed by atoms with E-state index in [0.717, 1.165) is 4.90 Å². The Morgan fingerprint density at radius 2 is 2.06 bits per heavy atom. The predicted octanol–water partition coefficient (Wildman–Crippen LogP) is 1.91. The van der Waals surface area contributed by atoms with Crippen molar-refractivity contribution in [3.05, 3.63) is 33.8 Å². The van der Waals surface area contributed by atoms with Gasteiger partial charge >= 0.3 is 5.97 Å². The summed E-state index contributed by atoms with van der Waals surface area (Å²) in [5, 5.41) is 8.73. The summed E-state index contributed by atoms with van der Waals surface area (Å²) in [4.78, 5) is 35.9. The molecule has 0 saturated heterocycles. The number of hydrogen-bond acceptors (Lipinski definition) is 3. The Bertz CT molecular complexity index is 555. The average Bonchev–Trinajstić information content (AvgIpc) is 2.51.